The zero-order chi connectivity index (χ0) is 22.0. The molecule has 0 aromatic heterocycles. The third kappa shape index (κ3) is 3.67. The Morgan fingerprint density at radius 1 is 1.03 bits per heavy atom. The van der Waals surface area contributed by atoms with Gasteiger partial charge in [-0.3, -0.25) is 4.90 Å². The van der Waals surface area contributed by atoms with Crippen molar-refractivity contribution in [3.05, 3.63) is 0 Å². The smallest absolute Gasteiger partial charge is 0.410 e. The minimum Gasteiger partial charge on any atom is -0.444 e. The van der Waals surface area contributed by atoms with Gasteiger partial charge in [0.1, 0.15) is 11.7 Å². The lowest BCUT2D eigenvalue weighted by Gasteiger charge is -2.60. The minimum absolute atomic E-state index is 0.297. The topological polar surface area (TPSA) is 86.7 Å². The summed E-state index contributed by atoms with van der Waals surface area (Å²) in [5, 5.41) is 11.1. The third-order valence-electron chi connectivity index (χ3n) is 6.65. The Morgan fingerprint density at radius 2 is 1.55 bits per heavy atom. The van der Waals surface area contributed by atoms with Crippen LogP contribution in [0, 0.1) is 5.92 Å². The molecule has 1 spiro atoms. The highest BCUT2D eigenvalue weighted by Gasteiger charge is 2.71. The van der Waals surface area contributed by atoms with E-state index in [1.54, 1.807) is 39.7 Å². The average molecular weight is 416 g/mol. The number of likely N-dealkylation sites (tertiary alicyclic amines) is 1. The molecule has 1 N–H and O–H groups in total. The van der Waals surface area contributed by atoms with E-state index in [-0.39, 0.29) is 5.92 Å². The number of methoxy groups -OCH3 is 2. The van der Waals surface area contributed by atoms with Gasteiger partial charge < -0.3 is 28.8 Å². The van der Waals surface area contributed by atoms with Crippen LogP contribution in [0.4, 0.5) is 4.79 Å². The van der Waals surface area contributed by atoms with Crippen LogP contribution in [-0.2, 0) is 23.7 Å². The Hall–Kier alpha value is -0.930. The van der Waals surface area contributed by atoms with Gasteiger partial charge in [-0.2, -0.15) is 0 Å². The Labute approximate surface area is 173 Å². The Bertz CT molecular complexity index is 650. The molecule has 2 aliphatic heterocycles. The maximum absolute atomic E-state index is 13.1. The van der Waals surface area contributed by atoms with Crippen LogP contribution in [0.5, 0.6) is 0 Å². The van der Waals surface area contributed by atoms with Gasteiger partial charge in [-0.1, -0.05) is 0 Å². The normalized spacial score (nSPS) is 39.2. The molecule has 3 aliphatic rings. The van der Waals surface area contributed by atoms with Gasteiger partial charge in [0, 0.05) is 20.1 Å². The quantitative estimate of drug-likeness (QED) is 0.758. The Balaban J connectivity index is 2.01. The molecule has 168 valence electrons. The molecule has 2 heterocycles. The fourth-order valence-electron chi connectivity index (χ4n) is 4.97. The number of hydrogen-bond acceptors (Lipinski definition) is 7. The molecule has 8 heteroatoms. The lowest BCUT2D eigenvalue weighted by molar-refractivity contribution is -0.462. The van der Waals surface area contributed by atoms with Crippen LogP contribution in [0.2, 0.25) is 0 Å². The lowest BCUT2D eigenvalue weighted by Crippen LogP contribution is -2.75. The van der Waals surface area contributed by atoms with Gasteiger partial charge in [0.25, 0.3) is 0 Å². The molecular weight excluding hydrogens is 378 g/mol. The lowest BCUT2D eigenvalue weighted by atomic mass is 9.72. The van der Waals surface area contributed by atoms with E-state index in [2.05, 4.69) is 0 Å². The summed E-state index contributed by atoms with van der Waals surface area (Å²) in [5.74, 6) is -2.73. The molecule has 29 heavy (non-hydrogen) atoms. The molecule has 5 atom stereocenters. The standard InChI is InChI=1S/C21H37NO7/c1-17(2,3)29-16(23)22-12-13-14(15(18(4,5)24)21(22)10-11-21)28-20(7,26-9)19(6,25-8)27-13/h13-15,24H,10-12H2,1-9H3/t13-,14+,15+,19+,20+/m1/s1. The van der Waals surface area contributed by atoms with E-state index in [4.69, 9.17) is 23.7 Å². The predicted octanol–water partition coefficient (Wildman–Crippen LogP) is 2.67. The highest BCUT2D eigenvalue weighted by Crippen LogP contribution is 2.59. The van der Waals surface area contributed by atoms with Crippen molar-refractivity contribution in [3.8, 4) is 0 Å². The van der Waals surface area contributed by atoms with Crippen LogP contribution >= 0.6 is 0 Å². The van der Waals surface area contributed by atoms with Crippen LogP contribution in [0.1, 0.15) is 61.3 Å². The molecule has 2 saturated heterocycles. The van der Waals surface area contributed by atoms with Crippen molar-refractivity contribution in [1.82, 2.24) is 4.90 Å². The minimum atomic E-state index is -1.18. The van der Waals surface area contributed by atoms with Gasteiger partial charge in [0.15, 0.2) is 0 Å². The second kappa shape index (κ2) is 6.79. The van der Waals surface area contributed by atoms with E-state index in [0.717, 1.165) is 12.8 Å². The van der Waals surface area contributed by atoms with E-state index in [1.807, 2.05) is 20.8 Å². The number of piperidine rings is 1. The predicted molar refractivity (Wildman–Crippen MR) is 105 cm³/mol. The first-order valence-electron chi connectivity index (χ1n) is 10.3. The van der Waals surface area contributed by atoms with Crippen LogP contribution in [0.3, 0.4) is 0 Å². The molecule has 3 rings (SSSR count). The van der Waals surface area contributed by atoms with Crippen molar-refractivity contribution in [1.29, 1.82) is 0 Å². The molecule has 1 saturated carbocycles. The first-order chi connectivity index (χ1) is 13.1. The summed E-state index contributed by atoms with van der Waals surface area (Å²) in [4.78, 5) is 14.8. The summed E-state index contributed by atoms with van der Waals surface area (Å²) in [7, 11) is 3.08. The van der Waals surface area contributed by atoms with Crippen LogP contribution < -0.4 is 0 Å². The third-order valence-corrected chi connectivity index (χ3v) is 6.65. The molecule has 0 unspecified atom stereocenters. The summed E-state index contributed by atoms with van der Waals surface area (Å²) in [6, 6.07) is 0. The SMILES string of the molecule is CO[C@@]1(C)O[C@H]2[C@@H](CN(C(=O)OC(C)(C)C)C3(CC3)[C@@H]2C(C)(C)O)O[C@]1(C)OC. The highest BCUT2D eigenvalue weighted by atomic mass is 16.8. The summed E-state index contributed by atoms with van der Waals surface area (Å²) in [5.41, 5.74) is -2.26. The molecule has 1 aliphatic carbocycles. The monoisotopic (exact) mass is 415 g/mol. The highest BCUT2D eigenvalue weighted by molar-refractivity contribution is 5.70. The van der Waals surface area contributed by atoms with Crippen molar-refractivity contribution in [2.45, 2.75) is 102 Å². The van der Waals surface area contributed by atoms with Crippen molar-refractivity contribution in [2.24, 2.45) is 5.92 Å². The fraction of sp³-hybridized carbons (Fsp3) is 0.952. The van der Waals surface area contributed by atoms with Gasteiger partial charge >= 0.3 is 6.09 Å². The van der Waals surface area contributed by atoms with Gasteiger partial charge in [-0.05, 0) is 61.3 Å². The van der Waals surface area contributed by atoms with Crippen LogP contribution in [0.15, 0.2) is 0 Å². The number of fused-ring (bicyclic) bond motifs is 1. The summed E-state index contributed by atoms with van der Waals surface area (Å²) >= 11 is 0. The molecule has 0 radical (unpaired) electrons. The van der Waals surface area contributed by atoms with E-state index in [0.29, 0.717) is 6.54 Å². The number of amides is 1. The van der Waals surface area contributed by atoms with E-state index < -0.39 is 46.6 Å². The molecule has 1 amide bonds. The molecule has 3 fully saturated rings. The van der Waals surface area contributed by atoms with Crippen molar-refractivity contribution < 1.29 is 33.6 Å². The van der Waals surface area contributed by atoms with Crippen LogP contribution in [-0.4, -0.2) is 77.4 Å². The van der Waals surface area contributed by atoms with E-state index in [1.165, 1.54) is 7.11 Å². The number of carbonyl (C=O) groups is 1. The first-order valence-corrected chi connectivity index (χ1v) is 10.3. The van der Waals surface area contributed by atoms with E-state index >= 15 is 0 Å². The van der Waals surface area contributed by atoms with Crippen molar-refractivity contribution in [3.63, 3.8) is 0 Å². The first kappa shape index (κ1) is 22.7. The van der Waals surface area contributed by atoms with Crippen LogP contribution in [0.25, 0.3) is 0 Å². The molecule has 0 aromatic rings. The molecular formula is C21H37NO7. The van der Waals surface area contributed by atoms with Gasteiger partial charge in [-0.15, -0.1) is 0 Å². The molecule has 8 nitrogen and oxygen atoms in total. The summed E-state index contributed by atoms with van der Waals surface area (Å²) < 4.78 is 29.8. The second-order valence-corrected chi connectivity index (χ2v) is 10.4. The zero-order valence-corrected chi connectivity index (χ0v) is 19.2. The molecule has 0 bridgehead atoms. The second-order valence-electron chi connectivity index (χ2n) is 10.4. The number of carbonyl (C=O) groups excluding carboxylic acids is 1. The van der Waals surface area contributed by atoms with Gasteiger partial charge in [0.05, 0.1) is 23.8 Å². The Morgan fingerprint density at radius 3 is 1.97 bits per heavy atom. The number of nitrogens with zero attached hydrogens (tertiary/aromatic N) is 1. The number of ether oxygens (including phenoxy) is 5. The van der Waals surface area contributed by atoms with Gasteiger partial charge in [0.2, 0.25) is 11.6 Å². The maximum atomic E-state index is 13.1. The maximum Gasteiger partial charge on any atom is 0.410 e. The number of hydrogen-bond donors (Lipinski definition) is 1. The zero-order valence-electron chi connectivity index (χ0n) is 19.2. The van der Waals surface area contributed by atoms with E-state index in [9.17, 15) is 9.90 Å². The largest absolute Gasteiger partial charge is 0.444 e. The summed E-state index contributed by atoms with van der Waals surface area (Å²) in [6.45, 7) is 12.9. The van der Waals surface area contributed by atoms with Gasteiger partial charge in [-0.25, -0.2) is 4.79 Å². The average Bonchev–Trinajstić information content (AvgIpc) is 3.33. The van der Waals surface area contributed by atoms with Crippen molar-refractivity contribution >= 4 is 6.09 Å². The fourth-order valence-corrected chi connectivity index (χ4v) is 4.97. The number of aliphatic hydroxyl groups is 1. The van der Waals surface area contributed by atoms with Crippen molar-refractivity contribution in [2.75, 3.05) is 20.8 Å². The molecule has 0 aromatic carbocycles. The summed E-state index contributed by atoms with van der Waals surface area (Å²) in [6.07, 6.45) is 0.186. The Kier molecular flexibility index (Phi) is 5.32. The number of rotatable bonds is 3.